The second-order valence-corrected chi connectivity index (χ2v) is 8.57. The van der Waals surface area contributed by atoms with Gasteiger partial charge in [0.15, 0.2) is 6.61 Å². The van der Waals surface area contributed by atoms with Crippen LogP contribution in [-0.4, -0.2) is 39.9 Å². The third kappa shape index (κ3) is 6.75. The van der Waals surface area contributed by atoms with Crippen molar-refractivity contribution in [3.63, 3.8) is 0 Å². The SMILES string of the molecule is CCOC(=O)COc1ccc(SCCc2nn(-c3ccc(C(F)(F)F)cc3)nc2CC)cc1C. The summed E-state index contributed by atoms with van der Waals surface area (Å²) in [6, 6.07) is 10.5. The Bertz CT molecular complexity index is 1110. The van der Waals surface area contributed by atoms with Crippen LogP contribution in [0.25, 0.3) is 5.69 Å². The van der Waals surface area contributed by atoms with Gasteiger partial charge in [0.1, 0.15) is 5.75 Å². The second-order valence-electron chi connectivity index (χ2n) is 7.40. The molecule has 0 N–H and O–H groups in total. The quantitative estimate of drug-likeness (QED) is 0.277. The minimum atomic E-state index is -4.38. The Morgan fingerprint density at radius 2 is 1.76 bits per heavy atom. The lowest BCUT2D eigenvalue weighted by atomic mass is 10.2. The summed E-state index contributed by atoms with van der Waals surface area (Å²) in [6.45, 7) is 5.81. The number of rotatable bonds is 10. The summed E-state index contributed by atoms with van der Waals surface area (Å²) in [5.41, 5.74) is 2.33. The molecule has 10 heteroatoms. The second kappa shape index (κ2) is 11.4. The molecule has 0 saturated heterocycles. The lowest BCUT2D eigenvalue weighted by molar-refractivity contribution is -0.145. The zero-order valence-corrected chi connectivity index (χ0v) is 20.0. The highest BCUT2D eigenvalue weighted by atomic mass is 32.2. The van der Waals surface area contributed by atoms with E-state index in [0.29, 0.717) is 30.9 Å². The van der Waals surface area contributed by atoms with Gasteiger partial charge < -0.3 is 9.47 Å². The normalized spacial score (nSPS) is 11.5. The van der Waals surface area contributed by atoms with E-state index in [1.807, 2.05) is 32.0 Å². The number of hydrogen-bond donors (Lipinski definition) is 0. The van der Waals surface area contributed by atoms with E-state index in [0.717, 1.165) is 39.7 Å². The van der Waals surface area contributed by atoms with Gasteiger partial charge in [0.25, 0.3) is 0 Å². The van der Waals surface area contributed by atoms with Crippen molar-refractivity contribution in [3.05, 3.63) is 65.0 Å². The van der Waals surface area contributed by atoms with Crippen LogP contribution in [0.3, 0.4) is 0 Å². The highest BCUT2D eigenvalue weighted by Gasteiger charge is 2.30. The van der Waals surface area contributed by atoms with Crippen LogP contribution in [0.4, 0.5) is 13.2 Å². The molecule has 0 unspecified atom stereocenters. The van der Waals surface area contributed by atoms with Gasteiger partial charge in [-0.3, -0.25) is 0 Å². The fraction of sp³-hybridized carbons (Fsp3) is 0.375. The molecule has 0 radical (unpaired) electrons. The van der Waals surface area contributed by atoms with E-state index in [9.17, 15) is 18.0 Å². The number of ether oxygens (including phenoxy) is 2. The summed E-state index contributed by atoms with van der Waals surface area (Å²) >= 11 is 1.65. The number of nitrogens with zero attached hydrogens (tertiary/aromatic N) is 3. The van der Waals surface area contributed by atoms with Crippen LogP contribution < -0.4 is 4.74 Å². The number of carbonyl (C=O) groups excluding carboxylic acids is 1. The largest absolute Gasteiger partial charge is 0.482 e. The first kappa shape index (κ1) is 25.6. The maximum absolute atomic E-state index is 12.8. The van der Waals surface area contributed by atoms with E-state index in [2.05, 4.69) is 10.2 Å². The lowest BCUT2D eigenvalue weighted by Gasteiger charge is -2.10. The molecule has 0 aliphatic rings. The van der Waals surface area contributed by atoms with E-state index >= 15 is 0 Å². The van der Waals surface area contributed by atoms with Crippen molar-refractivity contribution in [2.24, 2.45) is 0 Å². The molecule has 0 aliphatic heterocycles. The first-order chi connectivity index (χ1) is 16.2. The van der Waals surface area contributed by atoms with Gasteiger partial charge in [0.05, 0.1) is 29.2 Å². The van der Waals surface area contributed by atoms with Crippen molar-refractivity contribution in [3.8, 4) is 11.4 Å². The van der Waals surface area contributed by atoms with E-state index in [1.165, 1.54) is 16.9 Å². The van der Waals surface area contributed by atoms with Crippen LogP contribution in [0, 0.1) is 6.92 Å². The molecule has 3 aromatic rings. The molecular formula is C24H26F3N3O3S. The van der Waals surface area contributed by atoms with Gasteiger partial charge in [-0.25, -0.2) is 4.79 Å². The minimum Gasteiger partial charge on any atom is -0.482 e. The Kier molecular flexibility index (Phi) is 8.60. The van der Waals surface area contributed by atoms with Crippen LogP contribution in [0.5, 0.6) is 5.75 Å². The molecule has 0 atom stereocenters. The Labute approximate surface area is 200 Å². The number of alkyl halides is 3. The van der Waals surface area contributed by atoms with E-state index in [1.54, 1.807) is 18.7 Å². The van der Waals surface area contributed by atoms with Crippen molar-refractivity contribution in [2.45, 2.75) is 44.7 Å². The monoisotopic (exact) mass is 493 g/mol. The van der Waals surface area contributed by atoms with E-state index < -0.39 is 17.7 Å². The molecule has 0 spiro atoms. The van der Waals surface area contributed by atoms with Gasteiger partial charge >= 0.3 is 12.1 Å². The predicted octanol–water partition coefficient (Wildman–Crippen LogP) is 5.43. The summed E-state index contributed by atoms with van der Waals surface area (Å²) in [6.07, 6.45) is -3.04. The van der Waals surface area contributed by atoms with Gasteiger partial charge in [-0.15, -0.1) is 11.8 Å². The zero-order chi connectivity index (χ0) is 24.7. The minimum absolute atomic E-state index is 0.129. The number of aryl methyl sites for hydroxylation is 3. The summed E-state index contributed by atoms with van der Waals surface area (Å²) in [4.78, 5) is 13.9. The molecule has 0 aliphatic carbocycles. The highest BCUT2D eigenvalue weighted by molar-refractivity contribution is 7.99. The number of carbonyl (C=O) groups is 1. The molecule has 2 aromatic carbocycles. The van der Waals surface area contributed by atoms with Gasteiger partial charge in [-0.1, -0.05) is 6.92 Å². The first-order valence-corrected chi connectivity index (χ1v) is 11.8. The molecule has 3 rings (SSSR count). The van der Waals surface area contributed by atoms with Crippen molar-refractivity contribution < 1.29 is 27.4 Å². The number of hydrogen-bond acceptors (Lipinski definition) is 6. The van der Waals surface area contributed by atoms with Gasteiger partial charge in [0, 0.05) is 17.1 Å². The summed E-state index contributed by atoms with van der Waals surface area (Å²) in [5.74, 6) is 0.975. The molecule has 1 heterocycles. The number of thioether (sulfide) groups is 1. The van der Waals surface area contributed by atoms with E-state index in [4.69, 9.17) is 9.47 Å². The predicted molar refractivity (Wildman–Crippen MR) is 123 cm³/mol. The average Bonchev–Trinajstić information content (AvgIpc) is 3.21. The van der Waals surface area contributed by atoms with Crippen molar-refractivity contribution in [1.82, 2.24) is 15.0 Å². The molecular weight excluding hydrogens is 467 g/mol. The smallest absolute Gasteiger partial charge is 0.416 e. The van der Waals surface area contributed by atoms with Crippen LogP contribution in [0.1, 0.15) is 36.4 Å². The lowest BCUT2D eigenvalue weighted by Crippen LogP contribution is -2.14. The average molecular weight is 494 g/mol. The Hall–Kier alpha value is -3.01. The maximum Gasteiger partial charge on any atom is 0.416 e. The van der Waals surface area contributed by atoms with Crippen molar-refractivity contribution in [2.75, 3.05) is 19.0 Å². The molecule has 0 amide bonds. The number of halogens is 3. The molecule has 6 nitrogen and oxygen atoms in total. The molecule has 1 aromatic heterocycles. The topological polar surface area (TPSA) is 66.2 Å². The van der Waals surface area contributed by atoms with Gasteiger partial charge in [-0.2, -0.15) is 28.2 Å². The fourth-order valence-corrected chi connectivity index (χ4v) is 4.17. The Balaban J connectivity index is 1.60. The highest BCUT2D eigenvalue weighted by Crippen LogP contribution is 2.30. The Morgan fingerprint density at radius 3 is 2.38 bits per heavy atom. The maximum atomic E-state index is 12.8. The Morgan fingerprint density at radius 1 is 1.06 bits per heavy atom. The van der Waals surface area contributed by atoms with Gasteiger partial charge in [0.2, 0.25) is 0 Å². The molecule has 0 fully saturated rings. The van der Waals surface area contributed by atoms with Crippen molar-refractivity contribution >= 4 is 17.7 Å². The van der Waals surface area contributed by atoms with Crippen LogP contribution in [0.2, 0.25) is 0 Å². The number of esters is 1. The number of benzene rings is 2. The summed E-state index contributed by atoms with van der Waals surface area (Å²) in [5, 5.41) is 8.96. The standard InChI is InChI=1S/C24H26F3N3O3S/c1-4-20-21(29-30(28-20)18-8-6-17(7-9-18)24(25,26)27)12-13-34-19-10-11-22(16(3)14-19)33-15-23(31)32-5-2/h6-11,14H,4-5,12-13,15H2,1-3H3. The van der Waals surface area contributed by atoms with Crippen LogP contribution in [0.15, 0.2) is 47.4 Å². The molecule has 0 bridgehead atoms. The number of aromatic nitrogens is 3. The van der Waals surface area contributed by atoms with Crippen LogP contribution >= 0.6 is 11.8 Å². The third-order valence-corrected chi connectivity index (χ3v) is 5.92. The molecule has 0 saturated carbocycles. The third-order valence-electron chi connectivity index (χ3n) is 4.93. The van der Waals surface area contributed by atoms with Crippen LogP contribution in [-0.2, 0) is 28.5 Å². The molecule has 182 valence electrons. The fourth-order valence-electron chi connectivity index (χ4n) is 3.21. The van der Waals surface area contributed by atoms with Crippen molar-refractivity contribution in [1.29, 1.82) is 0 Å². The summed E-state index contributed by atoms with van der Waals surface area (Å²) < 4.78 is 48.8. The zero-order valence-electron chi connectivity index (χ0n) is 19.2. The van der Waals surface area contributed by atoms with Gasteiger partial charge in [-0.05, 0) is 68.3 Å². The summed E-state index contributed by atoms with van der Waals surface area (Å²) in [7, 11) is 0. The molecule has 34 heavy (non-hydrogen) atoms. The first-order valence-electron chi connectivity index (χ1n) is 10.9. The van der Waals surface area contributed by atoms with E-state index in [-0.39, 0.29) is 6.61 Å².